The Hall–Kier alpha value is 0.230. The van der Waals surface area contributed by atoms with Crippen molar-refractivity contribution in [2.45, 2.75) is 31.4 Å². The Bertz CT molecular complexity index is 259. The lowest BCUT2D eigenvalue weighted by atomic mass is 9.81. The zero-order chi connectivity index (χ0) is 13.1. The molecule has 2 saturated heterocycles. The maximum atomic E-state index is 5.76. The van der Waals surface area contributed by atoms with E-state index in [4.69, 9.17) is 4.74 Å². The van der Waals surface area contributed by atoms with Gasteiger partial charge < -0.3 is 15.0 Å². The summed E-state index contributed by atoms with van der Waals surface area (Å²) in [4.78, 5) is 2.66. The summed E-state index contributed by atoms with van der Waals surface area (Å²) in [6.45, 7) is 11.3. The molecule has 0 aromatic carbocycles. The normalized spacial score (nSPS) is 33.5. The molecule has 2 aliphatic heterocycles. The molecule has 1 atom stereocenters. The van der Waals surface area contributed by atoms with Gasteiger partial charge in [0.15, 0.2) is 0 Å². The fourth-order valence-electron chi connectivity index (χ4n) is 3.33. The second-order valence-corrected chi connectivity index (χ2v) is 8.31. The van der Waals surface area contributed by atoms with Crippen molar-refractivity contribution in [1.29, 1.82) is 0 Å². The van der Waals surface area contributed by atoms with E-state index in [1.165, 1.54) is 38.2 Å². The first-order chi connectivity index (χ1) is 8.55. The number of rotatable bonds is 4. The molecular formula is C14H28N2OS. The number of hydrogen-bond acceptors (Lipinski definition) is 4. The van der Waals surface area contributed by atoms with Gasteiger partial charge in [-0.1, -0.05) is 0 Å². The van der Waals surface area contributed by atoms with Crippen LogP contribution in [-0.2, 0) is 4.74 Å². The van der Waals surface area contributed by atoms with Crippen LogP contribution < -0.4 is 5.32 Å². The molecule has 3 nitrogen and oxygen atoms in total. The van der Waals surface area contributed by atoms with Crippen molar-refractivity contribution in [3.05, 3.63) is 0 Å². The Balaban J connectivity index is 1.95. The molecule has 1 unspecified atom stereocenters. The Labute approximate surface area is 116 Å². The van der Waals surface area contributed by atoms with Crippen LogP contribution >= 0.6 is 11.8 Å². The largest absolute Gasteiger partial charge is 0.381 e. The first-order valence-electron chi connectivity index (χ1n) is 7.14. The lowest BCUT2D eigenvalue weighted by molar-refractivity contribution is -0.0258. The molecule has 0 amide bonds. The van der Waals surface area contributed by atoms with Gasteiger partial charge in [-0.05, 0) is 33.7 Å². The molecule has 2 aliphatic rings. The molecule has 0 aromatic rings. The molecule has 0 radical (unpaired) electrons. The molecule has 1 N–H and O–H groups in total. The van der Waals surface area contributed by atoms with Crippen LogP contribution in [0.25, 0.3) is 0 Å². The SMILES string of the molecule is CNCC1(CN2CCSC(C)(C)C2)CCCOC1. The van der Waals surface area contributed by atoms with Gasteiger partial charge in [0, 0.05) is 48.7 Å². The highest BCUT2D eigenvalue weighted by molar-refractivity contribution is 8.00. The zero-order valence-electron chi connectivity index (χ0n) is 12.1. The average Bonchev–Trinajstić information content (AvgIpc) is 2.29. The van der Waals surface area contributed by atoms with Gasteiger partial charge in [-0.2, -0.15) is 11.8 Å². The number of ether oxygens (including phenoxy) is 1. The highest BCUT2D eigenvalue weighted by Gasteiger charge is 2.37. The highest BCUT2D eigenvalue weighted by Crippen LogP contribution is 2.34. The van der Waals surface area contributed by atoms with E-state index in [0.717, 1.165) is 19.8 Å². The molecule has 2 rings (SSSR count). The van der Waals surface area contributed by atoms with Crippen molar-refractivity contribution in [2.24, 2.45) is 5.41 Å². The van der Waals surface area contributed by atoms with Gasteiger partial charge in [-0.15, -0.1) is 0 Å². The summed E-state index contributed by atoms with van der Waals surface area (Å²) in [5.74, 6) is 1.27. The van der Waals surface area contributed by atoms with Crippen LogP contribution in [0, 0.1) is 5.41 Å². The lowest BCUT2D eigenvalue weighted by Crippen LogP contribution is -2.52. The van der Waals surface area contributed by atoms with Crippen LogP contribution in [0.4, 0.5) is 0 Å². The zero-order valence-corrected chi connectivity index (χ0v) is 12.9. The van der Waals surface area contributed by atoms with Crippen molar-refractivity contribution < 1.29 is 4.74 Å². The monoisotopic (exact) mass is 272 g/mol. The fourth-order valence-corrected chi connectivity index (χ4v) is 4.50. The summed E-state index contributed by atoms with van der Waals surface area (Å²) in [5.41, 5.74) is 0.338. The van der Waals surface area contributed by atoms with Crippen LogP contribution in [0.15, 0.2) is 0 Å². The molecule has 0 aliphatic carbocycles. The van der Waals surface area contributed by atoms with E-state index in [1.54, 1.807) is 0 Å². The number of nitrogens with one attached hydrogen (secondary N) is 1. The van der Waals surface area contributed by atoms with Gasteiger partial charge in [0.1, 0.15) is 0 Å². The van der Waals surface area contributed by atoms with Crippen molar-refractivity contribution in [2.75, 3.05) is 52.2 Å². The van der Waals surface area contributed by atoms with Gasteiger partial charge in [-0.25, -0.2) is 0 Å². The van der Waals surface area contributed by atoms with Crippen LogP contribution in [0.1, 0.15) is 26.7 Å². The van der Waals surface area contributed by atoms with E-state index in [9.17, 15) is 0 Å². The van der Waals surface area contributed by atoms with E-state index >= 15 is 0 Å². The maximum Gasteiger partial charge on any atom is 0.0546 e. The summed E-state index contributed by atoms with van der Waals surface area (Å²) in [5, 5.41) is 3.38. The van der Waals surface area contributed by atoms with Crippen molar-refractivity contribution in [3.8, 4) is 0 Å². The maximum absolute atomic E-state index is 5.76. The van der Waals surface area contributed by atoms with E-state index in [2.05, 4.69) is 42.9 Å². The summed E-state index contributed by atoms with van der Waals surface area (Å²) in [7, 11) is 2.06. The van der Waals surface area contributed by atoms with E-state index in [0.29, 0.717) is 10.2 Å². The second kappa shape index (κ2) is 6.12. The third kappa shape index (κ3) is 3.86. The summed E-state index contributed by atoms with van der Waals surface area (Å²) in [6, 6.07) is 0. The van der Waals surface area contributed by atoms with E-state index in [-0.39, 0.29) is 0 Å². The Morgan fingerprint density at radius 1 is 1.39 bits per heavy atom. The van der Waals surface area contributed by atoms with Gasteiger partial charge in [-0.3, -0.25) is 0 Å². The van der Waals surface area contributed by atoms with E-state index < -0.39 is 0 Å². The second-order valence-electron chi connectivity index (χ2n) is 6.51. The predicted octanol–water partition coefficient (Wildman–Crippen LogP) is 1.83. The van der Waals surface area contributed by atoms with Crippen LogP contribution in [-0.4, -0.2) is 61.8 Å². The minimum atomic E-state index is 0.338. The van der Waals surface area contributed by atoms with Crippen molar-refractivity contribution >= 4 is 11.8 Å². The van der Waals surface area contributed by atoms with Gasteiger partial charge >= 0.3 is 0 Å². The quantitative estimate of drug-likeness (QED) is 0.844. The lowest BCUT2D eigenvalue weighted by Gasteiger charge is -2.45. The number of nitrogens with zero attached hydrogens (tertiary/aromatic N) is 1. The molecule has 106 valence electrons. The minimum Gasteiger partial charge on any atom is -0.381 e. The average molecular weight is 272 g/mol. The Morgan fingerprint density at radius 2 is 2.22 bits per heavy atom. The van der Waals surface area contributed by atoms with Crippen molar-refractivity contribution in [3.63, 3.8) is 0 Å². The summed E-state index contributed by atoms with van der Waals surface area (Å²) < 4.78 is 6.17. The Morgan fingerprint density at radius 3 is 2.83 bits per heavy atom. The molecule has 18 heavy (non-hydrogen) atoms. The van der Waals surface area contributed by atoms with Crippen LogP contribution in [0.2, 0.25) is 0 Å². The smallest absolute Gasteiger partial charge is 0.0546 e. The van der Waals surface area contributed by atoms with Gasteiger partial charge in [0.2, 0.25) is 0 Å². The summed E-state index contributed by atoms with van der Waals surface area (Å²) >= 11 is 2.11. The molecular weight excluding hydrogens is 244 g/mol. The first-order valence-corrected chi connectivity index (χ1v) is 8.13. The van der Waals surface area contributed by atoms with Gasteiger partial charge in [0.25, 0.3) is 0 Å². The third-order valence-corrected chi connectivity index (χ3v) is 5.32. The Kier molecular flexibility index (Phi) is 4.98. The molecule has 0 spiro atoms. The summed E-state index contributed by atoms with van der Waals surface area (Å²) in [6.07, 6.45) is 2.52. The highest BCUT2D eigenvalue weighted by atomic mass is 32.2. The van der Waals surface area contributed by atoms with Gasteiger partial charge in [0.05, 0.1) is 6.61 Å². The first kappa shape index (κ1) is 14.6. The molecule has 0 bridgehead atoms. The molecule has 0 aromatic heterocycles. The molecule has 4 heteroatoms. The molecule has 2 fully saturated rings. The number of thioether (sulfide) groups is 1. The van der Waals surface area contributed by atoms with E-state index in [1.807, 2.05) is 0 Å². The van der Waals surface area contributed by atoms with Crippen molar-refractivity contribution in [1.82, 2.24) is 10.2 Å². The van der Waals surface area contributed by atoms with Crippen LogP contribution in [0.5, 0.6) is 0 Å². The standard InChI is InChI=1S/C14H28N2OS/c1-13(2)10-16(6-8-18-13)11-14(9-15-3)5-4-7-17-12-14/h15H,4-12H2,1-3H3. The predicted molar refractivity (Wildman–Crippen MR) is 79.4 cm³/mol. The number of hydrogen-bond donors (Lipinski definition) is 1. The topological polar surface area (TPSA) is 24.5 Å². The van der Waals surface area contributed by atoms with Crippen LogP contribution in [0.3, 0.4) is 0 Å². The molecule has 2 heterocycles. The fraction of sp³-hybridized carbons (Fsp3) is 1.00. The molecule has 0 saturated carbocycles. The minimum absolute atomic E-state index is 0.338. The third-order valence-electron chi connectivity index (χ3n) is 4.02.